The van der Waals surface area contributed by atoms with E-state index in [2.05, 4.69) is 12.2 Å². The second kappa shape index (κ2) is 13.7. The van der Waals surface area contributed by atoms with Gasteiger partial charge >= 0.3 is 5.97 Å². The van der Waals surface area contributed by atoms with E-state index in [4.69, 9.17) is 28.4 Å². The van der Waals surface area contributed by atoms with Crippen molar-refractivity contribution in [2.75, 3.05) is 21.3 Å². The van der Waals surface area contributed by atoms with Gasteiger partial charge < -0.3 is 33.5 Å². The maximum atomic E-state index is 13.8. The lowest BCUT2D eigenvalue weighted by Gasteiger charge is -2.44. The van der Waals surface area contributed by atoms with Gasteiger partial charge in [0.15, 0.2) is 6.29 Å². The van der Waals surface area contributed by atoms with E-state index in [1.54, 1.807) is 21.3 Å². The third-order valence-electron chi connectivity index (χ3n) is 11.2. The van der Waals surface area contributed by atoms with Gasteiger partial charge in [0.1, 0.15) is 30.2 Å². The van der Waals surface area contributed by atoms with Crippen molar-refractivity contribution < 1.29 is 43.1 Å². The molecule has 42 heavy (non-hydrogen) atoms. The summed E-state index contributed by atoms with van der Waals surface area (Å²) >= 11 is 0. The van der Waals surface area contributed by atoms with Gasteiger partial charge in [-0.15, -0.1) is 0 Å². The number of Topliss-reactive ketones (excluding diaryl/α,β-unsaturated/α-hetero) is 1. The molecule has 1 N–H and O–H groups in total. The topological polar surface area (TPSA) is 110 Å². The number of ketones is 1. The van der Waals surface area contributed by atoms with E-state index in [1.807, 2.05) is 20.8 Å². The predicted octanol–water partition coefficient (Wildman–Crippen LogP) is 4.09. The molecule has 0 spiro atoms. The summed E-state index contributed by atoms with van der Waals surface area (Å²) in [5, 5.41) is 10.9. The van der Waals surface area contributed by atoms with Gasteiger partial charge in [-0.1, -0.05) is 26.0 Å². The molecule has 9 nitrogen and oxygen atoms in total. The molecular weight excluding hydrogens is 540 g/mol. The fourth-order valence-electron chi connectivity index (χ4n) is 8.93. The molecule has 0 aromatic rings. The quantitative estimate of drug-likeness (QED) is 0.360. The molecule has 5 aliphatic rings. The Hall–Kier alpha value is -1.36. The number of cyclic esters (lactones) is 1. The van der Waals surface area contributed by atoms with Crippen LogP contribution in [0.1, 0.15) is 72.1 Å². The monoisotopic (exact) mass is 592 g/mol. The molecule has 2 heterocycles. The van der Waals surface area contributed by atoms with E-state index in [0.717, 1.165) is 38.5 Å². The van der Waals surface area contributed by atoms with Crippen molar-refractivity contribution in [3.63, 3.8) is 0 Å². The number of hydrogen-bond acceptors (Lipinski definition) is 9. The van der Waals surface area contributed by atoms with E-state index in [-0.39, 0.29) is 72.4 Å². The number of esters is 1. The van der Waals surface area contributed by atoms with Crippen molar-refractivity contribution >= 4 is 11.8 Å². The number of allylic oxidation sites excluding steroid dienone is 2. The molecule has 2 aliphatic heterocycles. The van der Waals surface area contributed by atoms with Gasteiger partial charge in [0.05, 0.1) is 18.3 Å². The highest BCUT2D eigenvalue weighted by Crippen LogP contribution is 2.57. The zero-order chi connectivity index (χ0) is 30.1. The highest BCUT2D eigenvalue weighted by molar-refractivity contribution is 5.85. The number of fused-ring (bicyclic) bond motifs is 5. The molecule has 2 saturated carbocycles. The molecule has 2 saturated heterocycles. The fourth-order valence-corrected chi connectivity index (χ4v) is 8.93. The number of carbonyl (C=O) groups excluding carboxylic acids is 2. The summed E-state index contributed by atoms with van der Waals surface area (Å²) < 4.78 is 36.0. The lowest BCUT2D eigenvalue weighted by molar-refractivity contribution is -0.314. The van der Waals surface area contributed by atoms with Gasteiger partial charge in [0, 0.05) is 39.6 Å². The summed E-state index contributed by atoms with van der Waals surface area (Å²) in [5.41, 5.74) is 0. The number of aliphatic hydroxyl groups is 1. The molecule has 0 amide bonds. The minimum atomic E-state index is -0.666. The van der Waals surface area contributed by atoms with E-state index in [1.165, 1.54) is 0 Å². The van der Waals surface area contributed by atoms with E-state index >= 15 is 0 Å². The van der Waals surface area contributed by atoms with Gasteiger partial charge in [-0.05, 0) is 81.5 Å². The average Bonchev–Trinajstić information content (AvgIpc) is 3.55. The lowest BCUT2D eigenvalue weighted by Crippen LogP contribution is -2.59. The Balaban J connectivity index is 1.32. The molecule has 238 valence electrons. The van der Waals surface area contributed by atoms with Crippen LogP contribution in [-0.4, -0.2) is 87.2 Å². The van der Waals surface area contributed by atoms with Crippen LogP contribution >= 0.6 is 0 Å². The van der Waals surface area contributed by atoms with Crippen LogP contribution in [0.2, 0.25) is 0 Å². The van der Waals surface area contributed by atoms with Gasteiger partial charge in [0.2, 0.25) is 0 Å². The summed E-state index contributed by atoms with van der Waals surface area (Å²) in [5.74, 6) is 0.229. The first-order valence-corrected chi connectivity index (χ1v) is 16.2. The summed E-state index contributed by atoms with van der Waals surface area (Å²) in [7, 11) is 4.95. The summed E-state index contributed by atoms with van der Waals surface area (Å²) in [4.78, 5) is 27.0. The molecule has 5 rings (SSSR count). The van der Waals surface area contributed by atoms with Gasteiger partial charge in [-0.25, -0.2) is 0 Å². The van der Waals surface area contributed by atoms with Gasteiger partial charge in [0.25, 0.3) is 0 Å². The third-order valence-corrected chi connectivity index (χ3v) is 11.2. The van der Waals surface area contributed by atoms with Crippen LogP contribution in [0.4, 0.5) is 0 Å². The SMILES string of the molecule is CC[C@H]1CCC[C@H](O)[C@@H](C)C(=O)[C@H]2C[C@@H]3[C@@H](C=C[C@@H]4C[C@@H](O[C@H]5O[C@@H](C)[C@@H](OC)[C@@H](OC)[C@H]5OC)C[C@@H]34)[C@@H]2CC(=O)O1. The molecule has 0 unspecified atom stereocenters. The first-order valence-electron chi connectivity index (χ1n) is 16.2. The van der Waals surface area contributed by atoms with Crippen molar-refractivity contribution in [1.82, 2.24) is 0 Å². The molecule has 0 aromatic carbocycles. The smallest absolute Gasteiger partial charge is 0.306 e. The molecule has 0 bridgehead atoms. The first-order chi connectivity index (χ1) is 20.2. The maximum absolute atomic E-state index is 13.8. The minimum Gasteiger partial charge on any atom is -0.462 e. The van der Waals surface area contributed by atoms with Crippen molar-refractivity contribution in [2.45, 2.75) is 121 Å². The minimum absolute atomic E-state index is 0.0202. The van der Waals surface area contributed by atoms with E-state index in [9.17, 15) is 14.7 Å². The van der Waals surface area contributed by atoms with Crippen LogP contribution in [-0.2, 0) is 38.0 Å². The number of aliphatic hydroxyl groups excluding tert-OH is 1. The van der Waals surface area contributed by atoms with Crippen LogP contribution < -0.4 is 0 Å². The summed E-state index contributed by atoms with van der Waals surface area (Å²) in [6.45, 7) is 5.86. The number of methoxy groups -OCH3 is 3. The van der Waals surface area contributed by atoms with Crippen molar-refractivity contribution in [1.29, 1.82) is 0 Å². The molecule has 4 fully saturated rings. The number of ether oxygens (including phenoxy) is 6. The Morgan fingerprint density at radius 2 is 1.64 bits per heavy atom. The van der Waals surface area contributed by atoms with Crippen LogP contribution in [0.5, 0.6) is 0 Å². The van der Waals surface area contributed by atoms with Crippen LogP contribution in [0.25, 0.3) is 0 Å². The first kappa shape index (κ1) is 32.0. The maximum Gasteiger partial charge on any atom is 0.306 e. The summed E-state index contributed by atoms with van der Waals surface area (Å²) in [6, 6.07) is 0. The molecule has 0 radical (unpaired) electrons. The van der Waals surface area contributed by atoms with E-state index in [0.29, 0.717) is 18.3 Å². The Labute approximate surface area is 250 Å². The van der Waals surface area contributed by atoms with Crippen LogP contribution in [0.15, 0.2) is 12.2 Å². The van der Waals surface area contributed by atoms with E-state index < -0.39 is 24.4 Å². The normalized spacial score (nSPS) is 48.0. The number of hydrogen-bond donors (Lipinski definition) is 1. The largest absolute Gasteiger partial charge is 0.462 e. The van der Waals surface area contributed by atoms with Crippen molar-refractivity contribution in [3.8, 4) is 0 Å². The second-order valence-electron chi connectivity index (χ2n) is 13.4. The highest BCUT2D eigenvalue weighted by atomic mass is 16.7. The standard InChI is InChI=1S/C33H52O9/c1-7-20-9-8-10-27(34)17(2)29(36)26-15-24-22(25(26)16-28(35)41-20)12-11-19-13-21(14-23(19)24)42-33-32(39-6)31(38-5)30(37-4)18(3)40-33/h11-12,17-27,30-34H,7-10,13-16H2,1-6H3/t17-,18+,19-,20+,21-,22-,23-,24-,25+,26+,27+,30-,31-,32-,33-/m1/s1. The Morgan fingerprint density at radius 1 is 0.905 bits per heavy atom. The molecule has 0 aromatic heterocycles. The van der Waals surface area contributed by atoms with Crippen LogP contribution in [0.3, 0.4) is 0 Å². The Morgan fingerprint density at radius 3 is 2.33 bits per heavy atom. The fraction of sp³-hybridized carbons (Fsp3) is 0.879. The highest BCUT2D eigenvalue weighted by Gasteiger charge is 2.55. The lowest BCUT2D eigenvalue weighted by atomic mass is 9.71. The van der Waals surface area contributed by atoms with Crippen LogP contribution in [0, 0.1) is 41.4 Å². The Kier molecular flexibility index (Phi) is 10.5. The zero-order valence-electron chi connectivity index (χ0n) is 26.2. The second-order valence-corrected chi connectivity index (χ2v) is 13.4. The van der Waals surface area contributed by atoms with Crippen molar-refractivity contribution in [3.05, 3.63) is 12.2 Å². The molecule has 15 atom stereocenters. The van der Waals surface area contributed by atoms with Gasteiger partial charge in [-0.2, -0.15) is 0 Å². The average molecular weight is 593 g/mol. The van der Waals surface area contributed by atoms with Gasteiger partial charge in [-0.3, -0.25) is 9.59 Å². The predicted molar refractivity (Wildman–Crippen MR) is 154 cm³/mol. The molecule has 3 aliphatic carbocycles. The zero-order valence-corrected chi connectivity index (χ0v) is 26.2. The van der Waals surface area contributed by atoms with Crippen molar-refractivity contribution in [2.24, 2.45) is 41.4 Å². The number of rotatable bonds is 6. The number of carbonyl (C=O) groups is 2. The Bertz CT molecular complexity index is 969. The molecular formula is C33H52O9. The third kappa shape index (κ3) is 6.24. The summed E-state index contributed by atoms with van der Waals surface area (Å²) in [6.07, 6.45) is 7.45. The molecule has 9 heteroatoms.